The molecule has 0 aromatic rings. The summed E-state index contributed by atoms with van der Waals surface area (Å²) >= 11 is 0. The third-order valence-electron chi connectivity index (χ3n) is 3.58. The van der Waals surface area contributed by atoms with Crippen molar-refractivity contribution in [2.75, 3.05) is 0 Å². The summed E-state index contributed by atoms with van der Waals surface area (Å²) in [5.41, 5.74) is 0. The molecule has 4 heteroatoms. The summed E-state index contributed by atoms with van der Waals surface area (Å²) < 4.78 is 11.9. The number of rotatable bonds is 3. The van der Waals surface area contributed by atoms with Gasteiger partial charge in [-0.3, -0.25) is 0 Å². The van der Waals surface area contributed by atoms with E-state index in [2.05, 4.69) is 6.07 Å². The van der Waals surface area contributed by atoms with Gasteiger partial charge in [-0.2, -0.15) is 5.26 Å². The van der Waals surface area contributed by atoms with E-state index < -0.39 is 5.79 Å². The number of nitrogens with zero attached hydrogens (tertiary/aromatic N) is 1. The third kappa shape index (κ3) is 3.05. The zero-order valence-electron chi connectivity index (χ0n) is 10.1. The first-order valence-corrected chi connectivity index (χ1v) is 6.44. The van der Waals surface area contributed by atoms with Crippen LogP contribution in [-0.2, 0) is 14.3 Å². The van der Waals surface area contributed by atoms with Crippen LogP contribution in [0.5, 0.6) is 0 Å². The van der Waals surface area contributed by atoms with Gasteiger partial charge in [0.05, 0.1) is 24.7 Å². The normalized spacial score (nSPS) is 31.9. The highest BCUT2D eigenvalue weighted by atomic mass is 16.7. The molecule has 0 radical (unpaired) electrons. The van der Waals surface area contributed by atoms with E-state index in [0.29, 0.717) is 19.3 Å². The minimum Gasteiger partial charge on any atom is -0.346 e. The zero-order valence-corrected chi connectivity index (χ0v) is 10.1. The lowest BCUT2D eigenvalue weighted by Crippen LogP contribution is -2.49. The summed E-state index contributed by atoms with van der Waals surface area (Å²) in [4.78, 5) is 10.6. The van der Waals surface area contributed by atoms with Crippen molar-refractivity contribution in [1.82, 2.24) is 0 Å². The Kier molecular flexibility index (Phi) is 4.14. The lowest BCUT2D eigenvalue weighted by molar-refractivity contribution is -0.327. The largest absolute Gasteiger partial charge is 0.346 e. The van der Waals surface area contributed by atoms with Gasteiger partial charge < -0.3 is 14.3 Å². The summed E-state index contributed by atoms with van der Waals surface area (Å²) in [5.74, 6) is -0.508. The maximum absolute atomic E-state index is 10.6. The van der Waals surface area contributed by atoms with E-state index >= 15 is 0 Å². The van der Waals surface area contributed by atoms with Gasteiger partial charge in [-0.15, -0.1) is 0 Å². The molecule has 2 atom stereocenters. The van der Waals surface area contributed by atoms with Crippen LogP contribution < -0.4 is 0 Å². The number of carbonyl (C=O) groups excluding carboxylic acids is 1. The molecule has 1 spiro atoms. The molecule has 0 aromatic carbocycles. The Hall–Kier alpha value is -0.920. The number of aldehydes is 1. The molecule has 1 aliphatic heterocycles. The number of hydrogen-bond donors (Lipinski definition) is 0. The molecular formula is C13H19NO3. The monoisotopic (exact) mass is 237 g/mol. The fraction of sp³-hybridized carbons (Fsp3) is 0.846. The first-order valence-electron chi connectivity index (χ1n) is 6.44. The molecule has 1 aliphatic carbocycles. The van der Waals surface area contributed by atoms with Crippen LogP contribution in [0.25, 0.3) is 0 Å². The number of ether oxygens (including phenoxy) is 2. The first kappa shape index (κ1) is 12.5. The van der Waals surface area contributed by atoms with Crippen molar-refractivity contribution < 1.29 is 14.3 Å². The van der Waals surface area contributed by atoms with Gasteiger partial charge in [-0.25, -0.2) is 0 Å². The van der Waals surface area contributed by atoms with Crippen molar-refractivity contribution in [3.8, 4) is 6.07 Å². The molecule has 4 nitrogen and oxygen atoms in total. The molecule has 0 amide bonds. The van der Waals surface area contributed by atoms with Crippen molar-refractivity contribution in [3.05, 3.63) is 0 Å². The van der Waals surface area contributed by atoms with E-state index in [1.165, 1.54) is 6.42 Å². The van der Waals surface area contributed by atoms with Gasteiger partial charge in [-0.05, 0) is 12.8 Å². The van der Waals surface area contributed by atoms with Gasteiger partial charge in [0.15, 0.2) is 5.79 Å². The summed E-state index contributed by atoms with van der Waals surface area (Å²) in [7, 11) is 0. The summed E-state index contributed by atoms with van der Waals surface area (Å²) in [5, 5.41) is 8.78. The van der Waals surface area contributed by atoms with Gasteiger partial charge in [0.25, 0.3) is 0 Å². The summed E-state index contributed by atoms with van der Waals surface area (Å²) in [6.07, 6.45) is 7.43. The van der Waals surface area contributed by atoms with Crippen molar-refractivity contribution >= 4 is 6.29 Å². The molecule has 2 rings (SSSR count). The smallest absolute Gasteiger partial charge is 0.169 e. The Bertz CT molecular complexity index is 304. The Labute approximate surface area is 102 Å². The fourth-order valence-corrected chi connectivity index (χ4v) is 2.83. The third-order valence-corrected chi connectivity index (χ3v) is 3.58. The highest BCUT2D eigenvalue weighted by Gasteiger charge is 2.42. The van der Waals surface area contributed by atoms with Gasteiger partial charge in [0, 0.05) is 25.7 Å². The van der Waals surface area contributed by atoms with Crippen molar-refractivity contribution in [2.24, 2.45) is 0 Å². The lowest BCUT2D eigenvalue weighted by Gasteiger charge is -2.46. The average molecular weight is 237 g/mol. The average Bonchev–Trinajstić information content (AvgIpc) is 2.30. The second-order valence-electron chi connectivity index (χ2n) is 4.95. The van der Waals surface area contributed by atoms with Crippen LogP contribution in [0, 0.1) is 11.3 Å². The summed E-state index contributed by atoms with van der Waals surface area (Å²) in [6.45, 7) is 0. The molecule has 1 saturated carbocycles. The number of nitriles is 1. The minimum atomic E-state index is -0.508. The first-order chi connectivity index (χ1) is 8.28. The van der Waals surface area contributed by atoms with Crippen LogP contribution in [0.15, 0.2) is 0 Å². The Morgan fingerprint density at radius 3 is 2.59 bits per heavy atom. The maximum Gasteiger partial charge on any atom is 0.169 e. The topological polar surface area (TPSA) is 59.3 Å². The molecular weight excluding hydrogens is 218 g/mol. The van der Waals surface area contributed by atoms with Crippen LogP contribution in [0.2, 0.25) is 0 Å². The van der Waals surface area contributed by atoms with Gasteiger partial charge in [0.1, 0.15) is 6.29 Å². The highest BCUT2D eigenvalue weighted by molar-refractivity contribution is 5.50. The lowest BCUT2D eigenvalue weighted by atomic mass is 9.91. The second-order valence-corrected chi connectivity index (χ2v) is 4.95. The molecule has 0 N–H and O–H groups in total. The van der Waals surface area contributed by atoms with E-state index in [1.807, 2.05) is 0 Å². The Morgan fingerprint density at radius 1 is 1.24 bits per heavy atom. The number of hydrogen-bond acceptors (Lipinski definition) is 4. The van der Waals surface area contributed by atoms with Crippen LogP contribution in [0.1, 0.15) is 51.4 Å². The van der Waals surface area contributed by atoms with Gasteiger partial charge >= 0.3 is 0 Å². The van der Waals surface area contributed by atoms with E-state index in [9.17, 15) is 4.79 Å². The molecule has 1 heterocycles. The van der Waals surface area contributed by atoms with Crippen molar-refractivity contribution in [3.63, 3.8) is 0 Å². The minimum absolute atomic E-state index is 0.0716. The van der Waals surface area contributed by atoms with Crippen LogP contribution in [-0.4, -0.2) is 24.3 Å². The van der Waals surface area contributed by atoms with E-state index in [1.54, 1.807) is 0 Å². The molecule has 0 bridgehead atoms. The van der Waals surface area contributed by atoms with Crippen molar-refractivity contribution in [1.29, 1.82) is 5.26 Å². The summed E-state index contributed by atoms with van der Waals surface area (Å²) in [6, 6.07) is 2.15. The van der Waals surface area contributed by atoms with Crippen LogP contribution in [0.4, 0.5) is 0 Å². The van der Waals surface area contributed by atoms with Crippen LogP contribution in [0.3, 0.4) is 0 Å². The molecule has 0 aromatic heterocycles. The maximum atomic E-state index is 10.6. The second kappa shape index (κ2) is 5.61. The Balaban J connectivity index is 2.04. The Morgan fingerprint density at radius 2 is 1.94 bits per heavy atom. The van der Waals surface area contributed by atoms with Gasteiger partial charge in [0.2, 0.25) is 0 Å². The van der Waals surface area contributed by atoms with Crippen molar-refractivity contribution in [2.45, 2.75) is 69.4 Å². The SMILES string of the molecule is N#CC[C@@H]1C[C@H](CC=O)OC2(CCCCC2)O1. The predicted octanol–water partition coefficient (Wildman–Crippen LogP) is 2.32. The number of carbonyl (C=O) groups is 1. The predicted molar refractivity (Wildman–Crippen MR) is 61.1 cm³/mol. The van der Waals surface area contributed by atoms with E-state index in [4.69, 9.17) is 14.7 Å². The molecule has 94 valence electrons. The zero-order chi connectivity index (χ0) is 12.1. The van der Waals surface area contributed by atoms with Gasteiger partial charge in [-0.1, -0.05) is 6.42 Å². The molecule has 17 heavy (non-hydrogen) atoms. The van der Waals surface area contributed by atoms with E-state index in [0.717, 1.165) is 32.0 Å². The molecule has 2 aliphatic rings. The quantitative estimate of drug-likeness (QED) is 0.707. The highest BCUT2D eigenvalue weighted by Crippen LogP contribution is 2.40. The standard InChI is InChI=1S/C13H19NO3/c14-8-4-11-10-12(5-9-15)17-13(16-11)6-2-1-3-7-13/h9,11-12H,1-7,10H2/t11-,12+/m1/s1. The molecule has 1 saturated heterocycles. The molecule has 2 fully saturated rings. The fourth-order valence-electron chi connectivity index (χ4n) is 2.83. The molecule has 0 unspecified atom stereocenters. The van der Waals surface area contributed by atoms with Crippen LogP contribution >= 0.6 is 0 Å². The van der Waals surface area contributed by atoms with E-state index in [-0.39, 0.29) is 12.2 Å².